The smallest absolute Gasteiger partial charge is 0.261 e. The Morgan fingerprint density at radius 1 is 1.25 bits per heavy atom. The summed E-state index contributed by atoms with van der Waals surface area (Å²) in [7, 11) is -3.50. The van der Waals surface area contributed by atoms with Crippen LogP contribution in [0.5, 0.6) is 0 Å². The third-order valence-corrected chi connectivity index (χ3v) is 6.31. The third kappa shape index (κ3) is 4.75. The topological polar surface area (TPSA) is 111 Å². The van der Waals surface area contributed by atoms with E-state index in [0.29, 0.717) is 24.0 Å². The quantitative estimate of drug-likeness (QED) is 0.718. The monoisotopic (exact) mass is 408 g/mol. The number of aromatic nitrogens is 2. The SMILES string of the molecule is CC1CN(S(=O)(=O)CCNC(=O)Cn2cnc3ccccc3c2=O)CC(C)O1. The second-order valence-electron chi connectivity index (χ2n) is 6.94. The summed E-state index contributed by atoms with van der Waals surface area (Å²) in [6.45, 7) is 4.02. The van der Waals surface area contributed by atoms with Crippen LogP contribution in [0.2, 0.25) is 0 Å². The molecule has 28 heavy (non-hydrogen) atoms. The molecule has 0 radical (unpaired) electrons. The number of para-hydroxylation sites is 1. The van der Waals surface area contributed by atoms with E-state index in [-0.39, 0.29) is 36.6 Å². The third-order valence-electron chi connectivity index (χ3n) is 4.51. The molecule has 1 amide bonds. The second-order valence-corrected chi connectivity index (χ2v) is 9.02. The summed E-state index contributed by atoms with van der Waals surface area (Å²) >= 11 is 0. The number of ether oxygens (including phenoxy) is 1. The van der Waals surface area contributed by atoms with Crippen LogP contribution in [0.3, 0.4) is 0 Å². The van der Waals surface area contributed by atoms with E-state index < -0.39 is 15.9 Å². The van der Waals surface area contributed by atoms with Crippen LogP contribution in [0.15, 0.2) is 35.4 Å². The highest BCUT2D eigenvalue weighted by atomic mass is 32.2. The van der Waals surface area contributed by atoms with Gasteiger partial charge in [0.15, 0.2) is 0 Å². The Bertz CT molecular complexity index is 1010. The lowest BCUT2D eigenvalue weighted by atomic mass is 10.2. The minimum Gasteiger partial charge on any atom is -0.373 e. The van der Waals surface area contributed by atoms with Crippen LogP contribution < -0.4 is 10.9 Å². The second kappa shape index (κ2) is 8.38. The fraction of sp³-hybridized carbons (Fsp3) is 0.500. The number of benzene rings is 1. The predicted octanol–water partition coefficient (Wildman–Crippen LogP) is -0.0483. The molecule has 2 unspecified atom stereocenters. The molecule has 3 rings (SSSR count). The van der Waals surface area contributed by atoms with E-state index in [1.54, 1.807) is 24.3 Å². The Kier molecular flexibility index (Phi) is 6.11. The van der Waals surface area contributed by atoms with Crippen molar-refractivity contribution in [2.45, 2.75) is 32.6 Å². The van der Waals surface area contributed by atoms with E-state index in [9.17, 15) is 18.0 Å². The minimum absolute atomic E-state index is 0.0307. The van der Waals surface area contributed by atoms with E-state index >= 15 is 0 Å². The van der Waals surface area contributed by atoms with Crippen molar-refractivity contribution in [1.29, 1.82) is 0 Å². The molecule has 10 heteroatoms. The van der Waals surface area contributed by atoms with Gasteiger partial charge < -0.3 is 10.1 Å². The number of hydrogen-bond donors (Lipinski definition) is 1. The van der Waals surface area contributed by atoms with E-state index in [0.717, 1.165) is 0 Å². The highest BCUT2D eigenvalue weighted by molar-refractivity contribution is 7.89. The zero-order chi connectivity index (χ0) is 20.3. The van der Waals surface area contributed by atoms with Crippen molar-refractivity contribution in [1.82, 2.24) is 19.2 Å². The molecular weight excluding hydrogens is 384 g/mol. The Labute approximate surface area is 163 Å². The highest BCUT2D eigenvalue weighted by Crippen LogP contribution is 2.14. The summed E-state index contributed by atoms with van der Waals surface area (Å²) in [6.07, 6.45) is 0.984. The van der Waals surface area contributed by atoms with Crippen LogP contribution in [-0.4, -0.2) is 65.8 Å². The average Bonchev–Trinajstić information content (AvgIpc) is 2.63. The molecule has 1 fully saturated rings. The zero-order valence-corrected chi connectivity index (χ0v) is 16.7. The molecule has 1 N–H and O–H groups in total. The normalized spacial score (nSPS) is 20.9. The summed E-state index contributed by atoms with van der Waals surface area (Å²) in [4.78, 5) is 28.7. The van der Waals surface area contributed by atoms with E-state index in [1.165, 1.54) is 15.2 Å². The number of carbonyl (C=O) groups is 1. The molecule has 2 aromatic rings. The average molecular weight is 408 g/mol. The predicted molar refractivity (Wildman–Crippen MR) is 104 cm³/mol. The Balaban J connectivity index is 1.56. The zero-order valence-electron chi connectivity index (χ0n) is 15.9. The number of amides is 1. The van der Waals surface area contributed by atoms with Gasteiger partial charge in [0, 0.05) is 19.6 Å². The standard InChI is InChI=1S/C18H24N4O5S/c1-13-9-22(10-14(2)27-13)28(25,26)8-7-19-17(23)11-21-12-20-16-6-4-3-5-15(16)18(21)24/h3-6,12-14H,7-11H2,1-2H3,(H,19,23). The lowest BCUT2D eigenvalue weighted by molar-refractivity contribution is -0.121. The van der Waals surface area contributed by atoms with Gasteiger partial charge >= 0.3 is 0 Å². The van der Waals surface area contributed by atoms with Gasteiger partial charge in [0.25, 0.3) is 5.56 Å². The summed E-state index contributed by atoms with van der Waals surface area (Å²) in [5, 5.41) is 2.99. The minimum atomic E-state index is -3.50. The van der Waals surface area contributed by atoms with Crippen molar-refractivity contribution in [2.75, 3.05) is 25.4 Å². The maximum atomic E-state index is 12.5. The number of nitrogens with one attached hydrogen (secondary N) is 1. The van der Waals surface area contributed by atoms with Crippen LogP contribution in [0.1, 0.15) is 13.8 Å². The van der Waals surface area contributed by atoms with Crippen molar-refractivity contribution >= 4 is 26.8 Å². The van der Waals surface area contributed by atoms with Crippen molar-refractivity contribution in [3.63, 3.8) is 0 Å². The molecule has 1 saturated heterocycles. The number of morpholine rings is 1. The lowest BCUT2D eigenvalue weighted by Crippen LogP contribution is -2.49. The van der Waals surface area contributed by atoms with Crippen molar-refractivity contribution in [2.24, 2.45) is 0 Å². The van der Waals surface area contributed by atoms with E-state index in [4.69, 9.17) is 4.74 Å². The van der Waals surface area contributed by atoms with Crippen LogP contribution in [0.4, 0.5) is 0 Å². The highest BCUT2D eigenvalue weighted by Gasteiger charge is 2.30. The van der Waals surface area contributed by atoms with Gasteiger partial charge in [0.1, 0.15) is 6.54 Å². The number of hydrogen-bond acceptors (Lipinski definition) is 6. The van der Waals surface area contributed by atoms with E-state index in [1.807, 2.05) is 13.8 Å². The summed E-state index contributed by atoms with van der Waals surface area (Å²) in [5.41, 5.74) is 0.244. The fourth-order valence-corrected chi connectivity index (χ4v) is 4.73. The van der Waals surface area contributed by atoms with Gasteiger partial charge in [-0.15, -0.1) is 0 Å². The molecule has 9 nitrogen and oxygen atoms in total. The molecule has 0 bridgehead atoms. The van der Waals surface area contributed by atoms with Crippen molar-refractivity contribution in [3.8, 4) is 0 Å². The molecule has 152 valence electrons. The maximum Gasteiger partial charge on any atom is 0.261 e. The Morgan fingerprint density at radius 3 is 2.64 bits per heavy atom. The Morgan fingerprint density at radius 2 is 1.93 bits per heavy atom. The number of sulfonamides is 1. The first-order valence-corrected chi connectivity index (χ1v) is 10.7. The van der Waals surface area contributed by atoms with Crippen molar-refractivity contribution < 1.29 is 17.9 Å². The van der Waals surface area contributed by atoms with Crippen LogP contribution in [0, 0.1) is 0 Å². The van der Waals surface area contributed by atoms with Gasteiger partial charge in [-0.05, 0) is 26.0 Å². The molecular formula is C18H24N4O5S. The largest absolute Gasteiger partial charge is 0.373 e. The molecule has 1 aliphatic heterocycles. The summed E-state index contributed by atoms with van der Waals surface area (Å²) in [6, 6.07) is 6.88. The molecule has 1 aromatic carbocycles. The van der Waals surface area contributed by atoms with E-state index in [2.05, 4.69) is 10.3 Å². The fourth-order valence-electron chi connectivity index (χ4n) is 3.24. The molecule has 1 aromatic heterocycles. The maximum absolute atomic E-state index is 12.5. The van der Waals surface area contributed by atoms with Crippen LogP contribution in [-0.2, 0) is 26.1 Å². The first kappa shape index (κ1) is 20.4. The molecule has 0 spiro atoms. The molecule has 0 aliphatic carbocycles. The molecule has 2 heterocycles. The number of fused-ring (bicyclic) bond motifs is 1. The van der Waals surface area contributed by atoms with Crippen LogP contribution in [0.25, 0.3) is 10.9 Å². The van der Waals surface area contributed by atoms with Gasteiger partial charge in [0.2, 0.25) is 15.9 Å². The summed E-state index contributed by atoms with van der Waals surface area (Å²) in [5.74, 6) is -0.652. The van der Waals surface area contributed by atoms with Crippen molar-refractivity contribution in [3.05, 3.63) is 40.9 Å². The lowest BCUT2D eigenvalue weighted by Gasteiger charge is -2.34. The van der Waals surface area contributed by atoms with Gasteiger partial charge in [-0.25, -0.2) is 13.4 Å². The molecule has 0 saturated carbocycles. The first-order chi connectivity index (χ1) is 13.3. The first-order valence-electron chi connectivity index (χ1n) is 9.10. The number of rotatable bonds is 6. The number of carbonyl (C=O) groups excluding carboxylic acids is 1. The van der Waals surface area contributed by atoms with Crippen LogP contribution >= 0.6 is 0 Å². The molecule has 1 aliphatic rings. The van der Waals surface area contributed by atoms with Gasteiger partial charge in [-0.2, -0.15) is 4.31 Å². The van der Waals surface area contributed by atoms with Gasteiger partial charge in [-0.1, -0.05) is 12.1 Å². The molecule has 2 atom stereocenters. The van der Waals surface area contributed by atoms with Gasteiger partial charge in [0.05, 0.1) is 35.2 Å². The van der Waals surface area contributed by atoms with Gasteiger partial charge in [-0.3, -0.25) is 14.2 Å². The number of nitrogens with zero attached hydrogens (tertiary/aromatic N) is 3. The Hall–Kier alpha value is -2.30. The summed E-state index contributed by atoms with van der Waals surface area (Å²) < 4.78 is 33.1.